The van der Waals surface area contributed by atoms with E-state index in [1.165, 1.54) is 23.2 Å². The third-order valence-corrected chi connectivity index (χ3v) is 2.09. The summed E-state index contributed by atoms with van der Waals surface area (Å²) in [5, 5.41) is 2.87. The van der Waals surface area contributed by atoms with E-state index in [2.05, 4.69) is 20.3 Å². The molecule has 0 unspecified atom stereocenters. The van der Waals surface area contributed by atoms with Crippen molar-refractivity contribution >= 4 is 5.82 Å². The molecule has 0 aliphatic heterocycles. The van der Waals surface area contributed by atoms with Gasteiger partial charge < -0.3 is 5.32 Å². The lowest BCUT2D eigenvalue weighted by atomic mass is 10.4. The average molecular weight is 217 g/mol. The van der Waals surface area contributed by atoms with Crippen LogP contribution in [0.3, 0.4) is 0 Å². The van der Waals surface area contributed by atoms with Crippen molar-refractivity contribution in [2.45, 2.75) is 6.54 Å². The second-order valence-corrected chi connectivity index (χ2v) is 3.19. The van der Waals surface area contributed by atoms with Crippen LogP contribution in [0.25, 0.3) is 0 Å². The maximum atomic E-state index is 11.4. The zero-order valence-corrected chi connectivity index (χ0v) is 8.79. The summed E-state index contributed by atoms with van der Waals surface area (Å²) in [5.74, 6) is 0.697. The smallest absolute Gasteiger partial charge is 0.253 e. The molecule has 0 atom stereocenters. The highest BCUT2D eigenvalue weighted by atomic mass is 16.1. The van der Waals surface area contributed by atoms with Crippen LogP contribution < -0.4 is 10.9 Å². The molecular formula is C10H11N5O. The fourth-order valence-electron chi connectivity index (χ4n) is 1.24. The molecule has 2 heterocycles. The molecule has 16 heavy (non-hydrogen) atoms. The van der Waals surface area contributed by atoms with Gasteiger partial charge in [0.2, 0.25) is 0 Å². The van der Waals surface area contributed by atoms with Crippen LogP contribution in [-0.4, -0.2) is 26.6 Å². The Morgan fingerprint density at radius 2 is 2.25 bits per heavy atom. The van der Waals surface area contributed by atoms with Gasteiger partial charge in [0.25, 0.3) is 5.56 Å². The second kappa shape index (κ2) is 4.52. The van der Waals surface area contributed by atoms with Gasteiger partial charge in [-0.05, 0) is 0 Å². The first-order valence-corrected chi connectivity index (χ1v) is 4.79. The number of nitrogens with one attached hydrogen (secondary N) is 1. The van der Waals surface area contributed by atoms with Crippen LogP contribution in [0, 0.1) is 0 Å². The SMILES string of the molecule is CNc1cnc(Cn2cnccc2=O)cn1. The highest BCUT2D eigenvalue weighted by Gasteiger charge is 1.99. The molecule has 6 heteroatoms. The molecule has 0 saturated heterocycles. The normalized spacial score (nSPS) is 10.1. The number of hydrogen-bond donors (Lipinski definition) is 1. The third kappa shape index (κ3) is 2.22. The van der Waals surface area contributed by atoms with Gasteiger partial charge in [-0.1, -0.05) is 0 Å². The first kappa shape index (κ1) is 10.3. The number of aromatic nitrogens is 4. The lowest BCUT2D eigenvalue weighted by Crippen LogP contribution is -2.19. The van der Waals surface area contributed by atoms with Gasteiger partial charge in [-0.25, -0.2) is 9.97 Å². The molecule has 0 radical (unpaired) electrons. The quantitative estimate of drug-likeness (QED) is 0.790. The van der Waals surface area contributed by atoms with Crippen LogP contribution in [0.4, 0.5) is 5.82 Å². The number of anilines is 1. The lowest BCUT2D eigenvalue weighted by Gasteiger charge is -2.04. The minimum atomic E-state index is -0.102. The summed E-state index contributed by atoms with van der Waals surface area (Å²) in [6.07, 6.45) is 6.20. The molecule has 0 aliphatic rings. The molecule has 82 valence electrons. The Hall–Kier alpha value is -2.24. The molecule has 0 spiro atoms. The van der Waals surface area contributed by atoms with E-state index in [1.54, 1.807) is 19.4 Å². The summed E-state index contributed by atoms with van der Waals surface area (Å²) in [5.41, 5.74) is 0.614. The fourth-order valence-corrected chi connectivity index (χ4v) is 1.24. The molecule has 0 bridgehead atoms. The molecule has 0 saturated carbocycles. The Morgan fingerprint density at radius 3 is 2.88 bits per heavy atom. The molecule has 1 N–H and O–H groups in total. The van der Waals surface area contributed by atoms with Crippen molar-refractivity contribution in [2.75, 3.05) is 12.4 Å². The van der Waals surface area contributed by atoms with Crippen molar-refractivity contribution in [1.82, 2.24) is 19.5 Å². The highest BCUT2D eigenvalue weighted by Crippen LogP contribution is 2.00. The molecule has 0 aliphatic carbocycles. The Balaban J connectivity index is 2.21. The van der Waals surface area contributed by atoms with E-state index >= 15 is 0 Å². The number of hydrogen-bond acceptors (Lipinski definition) is 5. The molecule has 0 amide bonds. The molecule has 6 nitrogen and oxygen atoms in total. The van der Waals surface area contributed by atoms with Gasteiger partial charge in [0.05, 0.1) is 31.0 Å². The monoisotopic (exact) mass is 217 g/mol. The Bertz CT molecular complexity index is 519. The average Bonchev–Trinajstić information content (AvgIpc) is 2.33. The van der Waals surface area contributed by atoms with Crippen LogP contribution in [0.2, 0.25) is 0 Å². The molecule has 0 aromatic carbocycles. The van der Waals surface area contributed by atoms with Gasteiger partial charge in [-0.2, -0.15) is 0 Å². The third-order valence-electron chi connectivity index (χ3n) is 2.09. The van der Waals surface area contributed by atoms with Gasteiger partial charge in [0.1, 0.15) is 5.82 Å². The fraction of sp³-hybridized carbons (Fsp3) is 0.200. The van der Waals surface area contributed by atoms with Crippen LogP contribution in [-0.2, 0) is 6.54 Å². The highest BCUT2D eigenvalue weighted by molar-refractivity contribution is 5.29. The van der Waals surface area contributed by atoms with Crippen molar-refractivity contribution in [3.8, 4) is 0 Å². The predicted molar refractivity (Wildman–Crippen MR) is 59.2 cm³/mol. The van der Waals surface area contributed by atoms with E-state index in [-0.39, 0.29) is 5.56 Å². The molecule has 2 aromatic heterocycles. The van der Waals surface area contributed by atoms with Crippen molar-refractivity contribution < 1.29 is 0 Å². The Morgan fingerprint density at radius 1 is 1.38 bits per heavy atom. The van der Waals surface area contributed by atoms with Crippen molar-refractivity contribution in [2.24, 2.45) is 0 Å². The summed E-state index contributed by atoms with van der Waals surface area (Å²) in [4.78, 5) is 23.6. The standard InChI is InChI=1S/C10H11N5O/c1-11-9-5-13-8(4-14-9)6-15-7-12-3-2-10(15)16/h2-5,7H,6H2,1H3,(H,11,14). The first-order valence-electron chi connectivity index (χ1n) is 4.79. The minimum absolute atomic E-state index is 0.102. The maximum absolute atomic E-state index is 11.4. The minimum Gasteiger partial charge on any atom is -0.372 e. The predicted octanol–water partition coefficient (Wildman–Crippen LogP) is 0.123. The van der Waals surface area contributed by atoms with Crippen molar-refractivity contribution in [3.05, 3.63) is 47.0 Å². The van der Waals surface area contributed by atoms with Crippen LogP contribution in [0.1, 0.15) is 5.69 Å². The maximum Gasteiger partial charge on any atom is 0.253 e. The van der Waals surface area contributed by atoms with E-state index in [0.717, 1.165) is 0 Å². The summed E-state index contributed by atoms with van der Waals surface area (Å²) >= 11 is 0. The lowest BCUT2D eigenvalue weighted by molar-refractivity contribution is 0.715. The van der Waals surface area contributed by atoms with Gasteiger partial charge >= 0.3 is 0 Å². The first-order chi connectivity index (χ1) is 7.79. The Labute approximate surface area is 92.0 Å². The van der Waals surface area contributed by atoms with Gasteiger partial charge in [-0.3, -0.25) is 14.3 Å². The van der Waals surface area contributed by atoms with Gasteiger partial charge in [0.15, 0.2) is 0 Å². The summed E-state index contributed by atoms with van der Waals surface area (Å²) in [7, 11) is 1.77. The van der Waals surface area contributed by atoms with E-state index in [9.17, 15) is 4.79 Å². The van der Waals surface area contributed by atoms with E-state index in [1.807, 2.05) is 0 Å². The number of nitrogens with zero attached hydrogens (tertiary/aromatic N) is 4. The Kier molecular flexibility index (Phi) is 2.90. The topological polar surface area (TPSA) is 72.7 Å². The van der Waals surface area contributed by atoms with Crippen molar-refractivity contribution in [3.63, 3.8) is 0 Å². The molecule has 2 rings (SSSR count). The summed E-state index contributed by atoms with van der Waals surface area (Å²) in [6.45, 7) is 0.379. The van der Waals surface area contributed by atoms with E-state index < -0.39 is 0 Å². The zero-order valence-electron chi connectivity index (χ0n) is 8.79. The van der Waals surface area contributed by atoms with Crippen LogP contribution >= 0.6 is 0 Å². The molecule has 2 aromatic rings. The molecule has 0 fully saturated rings. The van der Waals surface area contributed by atoms with E-state index in [4.69, 9.17) is 0 Å². The van der Waals surface area contributed by atoms with E-state index in [0.29, 0.717) is 18.1 Å². The summed E-state index contributed by atoms with van der Waals surface area (Å²) < 4.78 is 1.48. The van der Waals surface area contributed by atoms with Gasteiger partial charge in [-0.15, -0.1) is 0 Å². The summed E-state index contributed by atoms with van der Waals surface area (Å²) in [6, 6.07) is 1.41. The second-order valence-electron chi connectivity index (χ2n) is 3.19. The molecular weight excluding hydrogens is 206 g/mol. The number of rotatable bonds is 3. The zero-order chi connectivity index (χ0) is 11.4. The van der Waals surface area contributed by atoms with Crippen LogP contribution in [0.15, 0.2) is 35.8 Å². The van der Waals surface area contributed by atoms with Crippen molar-refractivity contribution in [1.29, 1.82) is 0 Å². The van der Waals surface area contributed by atoms with Gasteiger partial charge in [0, 0.05) is 19.3 Å². The van der Waals surface area contributed by atoms with Crippen LogP contribution in [0.5, 0.6) is 0 Å². The largest absolute Gasteiger partial charge is 0.372 e.